The fraction of sp³-hybridized carbons (Fsp3) is 0.417. The zero-order valence-electron chi connectivity index (χ0n) is 8.44. The first-order chi connectivity index (χ1) is 6.77. The summed E-state index contributed by atoms with van der Waals surface area (Å²) in [5, 5.41) is 0. The van der Waals surface area contributed by atoms with Crippen molar-refractivity contribution in [2.75, 3.05) is 20.1 Å². The smallest absolute Gasteiger partial charge is 0.154 e. The number of piperidine rings is 1. The van der Waals surface area contributed by atoms with Gasteiger partial charge in [-0.3, -0.25) is 9.69 Å². The van der Waals surface area contributed by atoms with E-state index >= 15 is 0 Å². The van der Waals surface area contributed by atoms with Crippen molar-refractivity contribution >= 4 is 5.78 Å². The Kier molecular flexibility index (Phi) is 2.64. The molecule has 0 bridgehead atoms. The maximum atomic E-state index is 11.8. The first kappa shape index (κ1) is 9.41. The number of hydrogen-bond donors (Lipinski definition) is 0. The third-order valence-corrected chi connectivity index (χ3v) is 2.82. The topological polar surface area (TPSA) is 20.3 Å². The van der Waals surface area contributed by atoms with Crippen molar-refractivity contribution in [1.82, 2.24) is 4.90 Å². The monoisotopic (exact) mass is 189 g/mol. The number of benzene rings is 1. The number of ketones is 1. The molecule has 0 aromatic heterocycles. The first-order valence-electron chi connectivity index (χ1n) is 5.03. The molecular weight excluding hydrogens is 174 g/mol. The maximum absolute atomic E-state index is 11.8. The highest BCUT2D eigenvalue weighted by Gasteiger charge is 2.25. The minimum absolute atomic E-state index is 0.132. The van der Waals surface area contributed by atoms with Gasteiger partial charge in [0.1, 0.15) is 0 Å². The van der Waals surface area contributed by atoms with E-state index in [2.05, 4.69) is 4.90 Å². The molecule has 1 aliphatic rings. The molecule has 1 heterocycles. The van der Waals surface area contributed by atoms with Crippen molar-refractivity contribution < 1.29 is 4.79 Å². The van der Waals surface area contributed by atoms with Crippen LogP contribution in [-0.4, -0.2) is 30.8 Å². The number of carbonyl (C=O) groups is 1. The predicted molar refractivity (Wildman–Crippen MR) is 56.3 cm³/mol. The number of likely N-dealkylation sites (N-methyl/N-ethyl adjacent to an activating group) is 1. The molecule has 2 heteroatoms. The van der Waals surface area contributed by atoms with Crippen LogP contribution in [0.2, 0.25) is 0 Å². The van der Waals surface area contributed by atoms with Crippen LogP contribution in [0, 0.1) is 0 Å². The molecule has 0 radical (unpaired) electrons. The highest BCUT2D eigenvalue weighted by Crippen LogP contribution is 2.24. The third-order valence-electron chi connectivity index (χ3n) is 2.82. The number of nitrogens with zero attached hydrogens (tertiary/aromatic N) is 1. The summed E-state index contributed by atoms with van der Waals surface area (Å²) in [5.41, 5.74) is 1.17. The van der Waals surface area contributed by atoms with E-state index in [-0.39, 0.29) is 5.92 Å². The minimum atomic E-state index is 0.132. The van der Waals surface area contributed by atoms with E-state index in [4.69, 9.17) is 0 Å². The lowest BCUT2D eigenvalue weighted by atomic mass is 9.89. The Morgan fingerprint density at radius 3 is 2.64 bits per heavy atom. The Labute approximate surface area is 84.5 Å². The zero-order valence-corrected chi connectivity index (χ0v) is 8.44. The van der Waals surface area contributed by atoms with E-state index in [0.29, 0.717) is 12.3 Å². The molecule has 0 saturated carbocycles. The van der Waals surface area contributed by atoms with Crippen molar-refractivity contribution in [1.29, 1.82) is 0 Å². The van der Waals surface area contributed by atoms with Gasteiger partial charge in [0.2, 0.25) is 0 Å². The van der Waals surface area contributed by atoms with Gasteiger partial charge in [-0.15, -0.1) is 0 Å². The fourth-order valence-corrected chi connectivity index (χ4v) is 2.00. The van der Waals surface area contributed by atoms with Gasteiger partial charge in [0.25, 0.3) is 0 Å². The first-order valence-corrected chi connectivity index (χ1v) is 5.03. The van der Waals surface area contributed by atoms with Crippen LogP contribution in [0.25, 0.3) is 0 Å². The molecule has 1 fully saturated rings. The standard InChI is InChI=1S/C12H15NO/c1-13-8-7-11(12(14)9-13)10-5-3-2-4-6-10/h2-6,11H,7-9H2,1H3. The number of likely N-dealkylation sites (tertiary alicyclic amines) is 1. The van der Waals surface area contributed by atoms with Gasteiger partial charge in [0.15, 0.2) is 5.78 Å². The average Bonchev–Trinajstić information content (AvgIpc) is 2.19. The SMILES string of the molecule is CN1CCC(c2ccccc2)C(=O)C1. The second-order valence-electron chi connectivity index (χ2n) is 3.96. The van der Waals surface area contributed by atoms with Gasteiger partial charge < -0.3 is 0 Å². The van der Waals surface area contributed by atoms with Crippen molar-refractivity contribution in [3.8, 4) is 0 Å². The molecule has 1 aliphatic heterocycles. The Balaban J connectivity index is 2.16. The third kappa shape index (κ3) is 1.85. The Bertz CT molecular complexity index is 320. The second-order valence-corrected chi connectivity index (χ2v) is 3.96. The molecule has 0 N–H and O–H groups in total. The number of hydrogen-bond acceptors (Lipinski definition) is 2. The highest BCUT2D eigenvalue weighted by molar-refractivity contribution is 5.88. The van der Waals surface area contributed by atoms with Crippen LogP contribution in [0.1, 0.15) is 17.9 Å². The molecule has 74 valence electrons. The summed E-state index contributed by atoms with van der Waals surface area (Å²) in [6.07, 6.45) is 0.958. The van der Waals surface area contributed by atoms with Crippen molar-refractivity contribution in [3.05, 3.63) is 35.9 Å². The summed E-state index contributed by atoms with van der Waals surface area (Å²) in [6.45, 7) is 1.62. The lowest BCUT2D eigenvalue weighted by Gasteiger charge is -2.27. The van der Waals surface area contributed by atoms with E-state index in [1.54, 1.807) is 0 Å². The van der Waals surface area contributed by atoms with Crippen LogP contribution in [0.15, 0.2) is 30.3 Å². The number of Topliss-reactive ketones (excluding diaryl/α,β-unsaturated/α-hetero) is 1. The van der Waals surface area contributed by atoms with Crippen molar-refractivity contribution in [3.63, 3.8) is 0 Å². The Hall–Kier alpha value is -1.15. The molecule has 1 unspecified atom stereocenters. The van der Waals surface area contributed by atoms with Gasteiger partial charge in [0.05, 0.1) is 6.54 Å². The largest absolute Gasteiger partial charge is 0.299 e. The molecule has 2 nitrogen and oxygen atoms in total. The molecule has 1 saturated heterocycles. The average molecular weight is 189 g/mol. The summed E-state index contributed by atoms with van der Waals surface area (Å²) < 4.78 is 0. The van der Waals surface area contributed by atoms with Crippen LogP contribution in [-0.2, 0) is 4.79 Å². The van der Waals surface area contributed by atoms with Crippen molar-refractivity contribution in [2.45, 2.75) is 12.3 Å². The quantitative estimate of drug-likeness (QED) is 0.670. The van der Waals surface area contributed by atoms with Gasteiger partial charge in [-0.1, -0.05) is 30.3 Å². The molecule has 1 atom stereocenters. The van der Waals surface area contributed by atoms with Crippen LogP contribution in [0.3, 0.4) is 0 Å². The van der Waals surface area contributed by atoms with Crippen LogP contribution in [0.5, 0.6) is 0 Å². The van der Waals surface area contributed by atoms with E-state index in [9.17, 15) is 4.79 Å². The van der Waals surface area contributed by atoms with Gasteiger partial charge in [-0.25, -0.2) is 0 Å². The molecule has 0 spiro atoms. The van der Waals surface area contributed by atoms with Gasteiger partial charge >= 0.3 is 0 Å². The van der Waals surface area contributed by atoms with E-state index in [1.807, 2.05) is 37.4 Å². The van der Waals surface area contributed by atoms with Gasteiger partial charge in [-0.2, -0.15) is 0 Å². The number of rotatable bonds is 1. The molecular formula is C12H15NO. The highest BCUT2D eigenvalue weighted by atomic mass is 16.1. The van der Waals surface area contributed by atoms with Gasteiger partial charge in [0, 0.05) is 5.92 Å². The molecule has 14 heavy (non-hydrogen) atoms. The van der Waals surface area contributed by atoms with E-state index < -0.39 is 0 Å². The lowest BCUT2D eigenvalue weighted by molar-refractivity contribution is -0.123. The van der Waals surface area contributed by atoms with Crippen molar-refractivity contribution in [2.24, 2.45) is 0 Å². The lowest BCUT2D eigenvalue weighted by Crippen LogP contribution is -2.37. The normalized spacial score (nSPS) is 23.8. The van der Waals surface area contributed by atoms with Crippen LogP contribution >= 0.6 is 0 Å². The summed E-state index contributed by atoms with van der Waals surface area (Å²) >= 11 is 0. The predicted octanol–water partition coefficient (Wildman–Crippen LogP) is 1.67. The zero-order chi connectivity index (χ0) is 9.97. The molecule has 0 amide bonds. The summed E-state index contributed by atoms with van der Waals surface area (Å²) in [4.78, 5) is 13.8. The van der Waals surface area contributed by atoms with Crippen LogP contribution < -0.4 is 0 Å². The van der Waals surface area contributed by atoms with E-state index in [1.165, 1.54) is 5.56 Å². The van der Waals surface area contributed by atoms with E-state index in [0.717, 1.165) is 13.0 Å². The Morgan fingerprint density at radius 1 is 1.29 bits per heavy atom. The maximum Gasteiger partial charge on any atom is 0.154 e. The summed E-state index contributed by atoms with van der Waals surface area (Å²) in [5.74, 6) is 0.484. The fourth-order valence-electron chi connectivity index (χ4n) is 2.00. The molecule has 0 aliphatic carbocycles. The molecule has 1 aromatic carbocycles. The number of carbonyl (C=O) groups excluding carboxylic acids is 1. The summed E-state index contributed by atoms with van der Waals surface area (Å²) in [6, 6.07) is 10.1. The molecule has 2 rings (SSSR count). The second kappa shape index (κ2) is 3.93. The van der Waals surface area contributed by atoms with Gasteiger partial charge in [-0.05, 0) is 25.6 Å². The van der Waals surface area contributed by atoms with Crippen LogP contribution in [0.4, 0.5) is 0 Å². The molecule has 1 aromatic rings. The summed E-state index contributed by atoms with van der Waals surface area (Å²) in [7, 11) is 2.00. The Morgan fingerprint density at radius 2 is 2.00 bits per heavy atom. The minimum Gasteiger partial charge on any atom is -0.299 e.